The molecule has 0 aromatic carbocycles. The number of hydrogen-bond acceptors (Lipinski definition) is 4. The molecule has 0 saturated carbocycles. The number of rotatable bonds is 5. The summed E-state index contributed by atoms with van der Waals surface area (Å²) in [5, 5.41) is 6.18. The van der Waals surface area contributed by atoms with Gasteiger partial charge >= 0.3 is 0 Å². The zero-order valence-corrected chi connectivity index (χ0v) is 9.30. The minimum absolute atomic E-state index is 0.116. The van der Waals surface area contributed by atoms with E-state index in [1.54, 1.807) is 0 Å². The van der Waals surface area contributed by atoms with Crippen molar-refractivity contribution in [3.8, 4) is 0 Å². The molecule has 4 N–H and O–H groups in total. The Morgan fingerprint density at radius 2 is 2.27 bits per heavy atom. The first-order valence-electron chi connectivity index (χ1n) is 5.73. The molecule has 1 fully saturated rings. The van der Waals surface area contributed by atoms with Crippen molar-refractivity contribution in [2.24, 2.45) is 5.73 Å². The Morgan fingerprint density at radius 1 is 1.40 bits per heavy atom. The van der Waals surface area contributed by atoms with Gasteiger partial charge in [0.25, 0.3) is 0 Å². The minimum atomic E-state index is 0.116. The van der Waals surface area contributed by atoms with Crippen LogP contribution in [0.3, 0.4) is 0 Å². The molecule has 0 aromatic rings. The van der Waals surface area contributed by atoms with Gasteiger partial charge in [0.05, 0.1) is 6.54 Å². The molecule has 5 heteroatoms. The SMILES string of the molecule is NCCCNC(=O)CN1CCCNCC1. The molecule has 5 nitrogen and oxygen atoms in total. The van der Waals surface area contributed by atoms with Gasteiger partial charge in [0, 0.05) is 19.6 Å². The molecule has 0 spiro atoms. The summed E-state index contributed by atoms with van der Waals surface area (Å²) >= 11 is 0. The maximum Gasteiger partial charge on any atom is 0.234 e. The molecule has 1 heterocycles. The van der Waals surface area contributed by atoms with Gasteiger partial charge in [-0.25, -0.2) is 0 Å². The van der Waals surface area contributed by atoms with Gasteiger partial charge in [-0.1, -0.05) is 0 Å². The number of carbonyl (C=O) groups excluding carboxylic acids is 1. The standard InChI is InChI=1S/C10H22N4O/c11-3-1-5-13-10(15)9-14-7-2-4-12-6-8-14/h12H,1-9,11H2,(H,13,15). The molecular formula is C10H22N4O. The molecule has 0 bridgehead atoms. The van der Waals surface area contributed by atoms with Crippen molar-refractivity contribution in [1.29, 1.82) is 0 Å². The summed E-state index contributed by atoms with van der Waals surface area (Å²) in [4.78, 5) is 13.7. The number of carbonyl (C=O) groups is 1. The molecule has 0 aromatic heterocycles. The van der Waals surface area contributed by atoms with Gasteiger partial charge in [-0.05, 0) is 32.5 Å². The van der Waals surface area contributed by atoms with Crippen LogP contribution in [-0.4, -0.2) is 56.6 Å². The van der Waals surface area contributed by atoms with Crippen molar-refractivity contribution >= 4 is 5.91 Å². The molecule has 15 heavy (non-hydrogen) atoms. The molecular weight excluding hydrogens is 192 g/mol. The molecule has 88 valence electrons. The normalized spacial score (nSPS) is 18.5. The van der Waals surface area contributed by atoms with Gasteiger partial charge in [0.1, 0.15) is 0 Å². The van der Waals surface area contributed by atoms with Crippen LogP contribution >= 0.6 is 0 Å². The topological polar surface area (TPSA) is 70.4 Å². The van der Waals surface area contributed by atoms with Crippen LogP contribution in [0.4, 0.5) is 0 Å². The summed E-state index contributed by atoms with van der Waals surface area (Å²) in [5.41, 5.74) is 5.35. The van der Waals surface area contributed by atoms with Crippen LogP contribution in [0.5, 0.6) is 0 Å². The average Bonchev–Trinajstić information content (AvgIpc) is 2.47. The third kappa shape index (κ3) is 5.71. The lowest BCUT2D eigenvalue weighted by Crippen LogP contribution is -2.39. The van der Waals surface area contributed by atoms with Gasteiger partial charge in [0.2, 0.25) is 5.91 Å². The maximum absolute atomic E-state index is 11.5. The van der Waals surface area contributed by atoms with E-state index in [9.17, 15) is 4.79 Å². The monoisotopic (exact) mass is 214 g/mol. The van der Waals surface area contributed by atoms with E-state index in [1.165, 1.54) is 0 Å². The second-order valence-corrected chi connectivity index (χ2v) is 3.87. The Morgan fingerprint density at radius 3 is 3.07 bits per heavy atom. The van der Waals surface area contributed by atoms with E-state index in [-0.39, 0.29) is 5.91 Å². The molecule has 1 rings (SSSR count). The number of amides is 1. The van der Waals surface area contributed by atoms with Crippen molar-refractivity contribution in [1.82, 2.24) is 15.5 Å². The fraction of sp³-hybridized carbons (Fsp3) is 0.900. The molecule has 0 atom stereocenters. The van der Waals surface area contributed by atoms with E-state index in [0.717, 1.165) is 39.0 Å². The highest BCUT2D eigenvalue weighted by Crippen LogP contribution is 1.94. The molecule has 1 amide bonds. The van der Waals surface area contributed by atoms with Crippen LogP contribution in [0, 0.1) is 0 Å². The van der Waals surface area contributed by atoms with Crippen LogP contribution in [0.1, 0.15) is 12.8 Å². The van der Waals surface area contributed by atoms with Gasteiger partial charge in [0.15, 0.2) is 0 Å². The summed E-state index contributed by atoms with van der Waals surface area (Å²) in [6.45, 7) is 5.87. The van der Waals surface area contributed by atoms with E-state index in [4.69, 9.17) is 5.73 Å². The van der Waals surface area contributed by atoms with E-state index >= 15 is 0 Å². The lowest BCUT2D eigenvalue weighted by Gasteiger charge is -2.18. The molecule has 0 aliphatic carbocycles. The fourth-order valence-electron chi connectivity index (χ4n) is 1.65. The molecule has 0 unspecified atom stereocenters. The Hall–Kier alpha value is -0.650. The van der Waals surface area contributed by atoms with Gasteiger partial charge < -0.3 is 16.4 Å². The van der Waals surface area contributed by atoms with Gasteiger partial charge in [-0.2, -0.15) is 0 Å². The number of nitrogens with zero attached hydrogens (tertiary/aromatic N) is 1. The fourth-order valence-corrected chi connectivity index (χ4v) is 1.65. The third-order valence-corrected chi connectivity index (χ3v) is 2.50. The Labute approximate surface area is 91.4 Å². The highest BCUT2D eigenvalue weighted by molar-refractivity contribution is 5.77. The molecule has 1 aliphatic heterocycles. The second-order valence-electron chi connectivity index (χ2n) is 3.87. The van der Waals surface area contributed by atoms with Crippen LogP contribution in [-0.2, 0) is 4.79 Å². The smallest absolute Gasteiger partial charge is 0.234 e. The summed E-state index contributed by atoms with van der Waals surface area (Å²) in [5.74, 6) is 0.116. The molecule has 0 radical (unpaired) electrons. The number of nitrogens with one attached hydrogen (secondary N) is 2. The lowest BCUT2D eigenvalue weighted by molar-refractivity contribution is -0.122. The van der Waals surface area contributed by atoms with Crippen molar-refractivity contribution in [3.05, 3.63) is 0 Å². The van der Waals surface area contributed by atoms with Crippen molar-refractivity contribution < 1.29 is 4.79 Å². The number of nitrogens with two attached hydrogens (primary N) is 1. The summed E-state index contributed by atoms with van der Waals surface area (Å²) in [6, 6.07) is 0. The Bertz CT molecular complexity index is 178. The van der Waals surface area contributed by atoms with E-state index in [1.807, 2.05) is 0 Å². The second kappa shape index (κ2) is 7.62. The van der Waals surface area contributed by atoms with Crippen LogP contribution in [0.2, 0.25) is 0 Å². The van der Waals surface area contributed by atoms with Crippen molar-refractivity contribution in [3.63, 3.8) is 0 Å². The van der Waals surface area contributed by atoms with Gasteiger partial charge in [-0.3, -0.25) is 9.69 Å². The summed E-state index contributed by atoms with van der Waals surface area (Å²) in [6.07, 6.45) is 1.98. The number of hydrogen-bond donors (Lipinski definition) is 3. The predicted octanol–water partition coefficient (Wildman–Crippen LogP) is -1.25. The summed E-state index contributed by atoms with van der Waals surface area (Å²) < 4.78 is 0. The molecule has 1 aliphatic rings. The van der Waals surface area contributed by atoms with Crippen LogP contribution in [0.25, 0.3) is 0 Å². The van der Waals surface area contributed by atoms with E-state index < -0.39 is 0 Å². The highest BCUT2D eigenvalue weighted by Gasteiger charge is 2.11. The van der Waals surface area contributed by atoms with Crippen molar-refractivity contribution in [2.75, 3.05) is 45.8 Å². The van der Waals surface area contributed by atoms with E-state index in [0.29, 0.717) is 19.6 Å². The van der Waals surface area contributed by atoms with Crippen molar-refractivity contribution in [2.45, 2.75) is 12.8 Å². The zero-order chi connectivity index (χ0) is 10.9. The Balaban J connectivity index is 2.12. The first-order chi connectivity index (χ1) is 7.33. The average molecular weight is 214 g/mol. The van der Waals surface area contributed by atoms with E-state index in [2.05, 4.69) is 15.5 Å². The largest absolute Gasteiger partial charge is 0.355 e. The molecule has 1 saturated heterocycles. The zero-order valence-electron chi connectivity index (χ0n) is 9.30. The highest BCUT2D eigenvalue weighted by atomic mass is 16.2. The lowest BCUT2D eigenvalue weighted by atomic mass is 10.3. The Kier molecular flexibility index (Phi) is 6.31. The maximum atomic E-state index is 11.5. The predicted molar refractivity (Wildman–Crippen MR) is 60.6 cm³/mol. The first kappa shape index (κ1) is 12.4. The quantitative estimate of drug-likeness (QED) is 0.500. The van der Waals surface area contributed by atoms with Crippen LogP contribution < -0.4 is 16.4 Å². The third-order valence-electron chi connectivity index (χ3n) is 2.50. The van der Waals surface area contributed by atoms with Crippen LogP contribution in [0.15, 0.2) is 0 Å². The minimum Gasteiger partial charge on any atom is -0.355 e. The first-order valence-corrected chi connectivity index (χ1v) is 5.73. The summed E-state index contributed by atoms with van der Waals surface area (Å²) in [7, 11) is 0. The van der Waals surface area contributed by atoms with Gasteiger partial charge in [-0.15, -0.1) is 0 Å².